The Kier molecular flexibility index (Phi) is 2.61. The molecule has 0 aromatic heterocycles. The van der Waals surface area contributed by atoms with Crippen molar-refractivity contribution in [2.45, 2.75) is 25.7 Å². The van der Waals surface area contributed by atoms with Crippen LogP contribution in [0.2, 0.25) is 0 Å². The van der Waals surface area contributed by atoms with E-state index in [1.807, 2.05) is 0 Å². The second-order valence-corrected chi connectivity index (χ2v) is 4.80. The van der Waals surface area contributed by atoms with Crippen LogP contribution < -0.4 is 0 Å². The first-order valence-electron chi connectivity index (χ1n) is 5.04. The number of hydrogen-bond donors (Lipinski definition) is 0. The number of carbonyl (C=O) groups is 1. The largest absolute Gasteiger partial charge is 0.302 e. The smallest absolute Gasteiger partial charge is 0.134 e. The molecule has 0 unspecified atom stereocenters. The lowest BCUT2D eigenvalue weighted by Crippen LogP contribution is -2.47. The summed E-state index contributed by atoms with van der Waals surface area (Å²) in [5, 5.41) is 0. The van der Waals surface area contributed by atoms with E-state index < -0.39 is 0 Å². The van der Waals surface area contributed by atoms with Crippen LogP contribution in [-0.4, -0.2) is 36.2 Å². The van der Waals surface area contributed by atoms with Crippen LogP contribution in [-0.2, 0) is 4.79 Å². The van der Waals surface area contributed by atoms with Gasteiger partial charge in [-0.05, 0) is 31.3 Å². The van der Waals surface area contributed by atoms with Crippen LogP contribution >= 0.6 is 11.6 Å². The molecule has 2 fully saturated rings. The predicted molar refractivity (Wildman–Crippen MR) is 53.1 cm³/mol. The number of carbonyl (C=O) groups excluding carboxylic acids is 1. The van der Waals surface area contributed by atoms with Gasteiger partial charge in [0.2, 0.25) is 0 Å². The van der Waals surface area contributed by atoms with Gasteiger partial charge in [0.25, 0.3) is 0 Å². The Morgan fingerprint density at radius 2 is 1.92 bits per heavy atom. The number of likely N-dealkylation sites (tertiary alicyclic amines) is 1. The Bertz CT molecular complexity index is 199. The maximum absolute atomic E-state index is 10.9. The van der Waals surface area contributed by atoms with Gasteiger partial charge < -0.3 is 4.90 Å². The van der Waals surface area contributed by atoms with E-state index in [2.05, 4.69) is 4.90 Å². The van der Waals surface area contributed by atoms with E-state index in [-0.39, 0.29) is 0 Å². The Morgan fingerprint density at radius 1 is 1.31 bits per heavy atom. The molecule has 13 heavy (non-hydrogen) atoms. The van der Waals surface area contributed by atoms with Crippen molar-refractivity contribution in [2.75, 3.05) is 25.5 Å². The SMILES string of the molecule is O=C1CC2(CCN(CCCl)CC2)C1. The highest BCUT2D eigenvalue weighted by molar-refractivity contribution is 6.18. The van der Waals surface area contributed by atoms with E-state index in [0.29, 0.717) is 11.2 Å². The quantitative estimate of drug-likeness (QED) is 0.634. The molecule has 0 amide bonds. The average Bonchev–Trinajstić information content (AvgIpc) is 2.07. The van der Waals surface area contributed by atoms with E-state index >= 15 is 0 Å². The number of Topliss-reactive ketones (excluding diaryl/α,β-unsaturated/α-hetero) is 1. The summed E-state index contributed by atoms with van der Waals surface area (Å²) in [7, 11) is 0. The maximum Gasteiger partial charge on any atom is 0.134 e. The number of hydrogen-bond acceptors (Lipinski definition) is 2. The molecule has 1 heterocycles. The highest BCUT2D eigenvalue weighted by Gasteiger charge is 2.44. The van der Waals surface area contributed by atoms with Gasteiger partial charge in [0.1, 0.15) is 5.78 Å². The fraction of sp³-hybridized carbons (Fsp3) is 0.900. The third kappa shape index (κ3) is 1.89. The molecule has 1 saturated heterocycles. The Balaban J connectivity index is 1.80. The van der Waals surface area contributed by atoms with Crippen molar-refractivity contribution in [2.24, 2.45) is 5.41 Å². The van der Waals surface area contributed by atoms with Crippen molar-refractivity contribution in [1.29, 1.82) is 0 Å². The molecule has 0 bridgehead atoms. The van der Waals surface area contributed by atoms with Gasteiger partial charge in [-0.3, -0.25) is 4.79 Å². The molecule has 2 rings (SSSR count). The predicted octanol–water partition coefficient (Wildman–Crippen LogP) is 1.67. The van der Waals surface area contributed by atoms with Gasteiger partial charge in [-0.2, -0.15) is 0 Å². The molecule has 2 aliphatic rings. The molecule has 1 aliphatic heterocycles. The molecule has 1 aliphatic carbocycles. The van der Waals surface area contributed by atoms with Crippen molar-refractivity contribution in [3.63, 3.8) is 0 Å². The lowest BCUT2D eigenvalue weighted by Gasteiger charge is -2.46. The van der Waals surface area contributed by atoms with Crippen molar-refractivity contribution >= 4 is 17.4 Å². The number of piperidine rings is 1. The summed E-state index contributed by atoms with van der Waals surface area (Å²) in [6.07, 6.45) is 4.11. The number of ketones is 1. The molecule has 0 aromatic carbocycles. The molecule has 1 saturated carbocycles. The molecule has 74 valence electrons. The molecular weight excluding hydrogens is 186 g/mol. The van der Waals surface area contributed by atoms with Gasteiger partial charge in [0, 0.05) is 25.3 Å². The Morgan fingerprint density at radius 3 is 2.38 bits per heavy atom. The first-order chi connectivity index (χ1) is 6.24. The van der Waals surface area contributed by atoms with Gasteiger partial charge in [-0.1, -0.05) is 0 Å². The molecule has 0 radical (unpaired) electrons. The fourth-order valence-electron chi connectivity index (χ4n) is 2.51. The summed E-state index contributed by atoms with van der Waals surface area (Å²) in [6.45, 7) is 3.28. The van der Waals surface area contributed by atoms with Gasteiger partial charge in [0.05, 0.1) is 0 Å². The molecule has 1 spiro atoms. The summed E-state index contributed by atoms with van der Waals surface area (Å²) in [4.78, 5) is 13.3. The number of halogens is 1. The summed E-state index contributed by atoms with van der Waals surface area (Å²) in [6, 6.07) is 0. The molecule has 0 atom stereocenters. The lowest BCUT2D eigenvalue weighted by atomic mass is 9.62. The van der Waals surface area contributed by atoms with Crippen molar-refractivity contribution in [1.82, 2.24) is 4.90 Å². The van der Waals surface area contributed by atoms with Crippen LogP contribution in [0.5, 0.6) is 0 Å². The van der Waals surface area contributed by atoms with Gasteiger partial charge in [-0.25, -0.2) is 0 Å². The van der Waals surface area contributed by atoms with Gasteiger partial charge >= 0.3 is 0 Å². The first-order valence-corrected chi connectivity index (χ1v) is 5.58. The van der Waals surface area contributed by atoms with E-state index in [9.17, 15) is 4.79 Å². The van der Waals surface area contributed by atoms with E-state index in [1.165, 1.54) is 12.8 Å². The Hall–Kier alpha value is -0.0800. The van der Waals surface area contributed by atoms with Gasteiger partial charge in [0.15, 0.2) is 0 Å². The van der Waals surface area contributed by atoms with Crippen LogP contribution in [0, 0.1) is 5.41 Å². The van der Waals surface area contributed by atoms with Crippen LogP contribution in [0.15, 0.2) is 0 Å². The van der Waals surface area contributed by atoms with Crippen LogP contribution in [0.25, 0.3) is 0 Å². The molecule has 0 N–H and O–H groups in total. The van der Waals surface area contributed by atoms with Crippen molar-refractivity contribution in [3.05, 3.63) is 0 Å². The molecular formula is C10H16ClNO. The normalized spacial score (nSPS) is 27.6. The monoisotopic (exact) mass is 201 g/mol. The van der Waals surface area contributed by atoms with E-state index in [0.717, 1.165) is 38.4 Å². The highest BCUT2D eigenvalue weighted by atomic mass is 35.5. The zero-order valence-corrected chi connectivity index (χ0v) is 8.65. The summed E-state index contributed by atoms with van der Waals surface area (Å²) < 4.78 is 0. The minimum absolute atomic E-state index is 0.417. The summed E-state index contributed by atoms with van der Waals surface area (Å²) in [5.41, 5.74) is 0.417. The minimum atomic E-state index is 0.417. The molecule has 2 nitrogen and oxygen atoms in total. The summed E-state index contributed by atoms with van der Waals surface area (Å²) in [5.74, 6) is 1.19. The summed E-state index contributed by atoms with van der Waals surface area (Å²) >= 11 is 5.68. The third-order valence-corrected chi connectivity index (χ3v) is 3.63. The van der Waals surface area contributed by atoms with Gasteiger partial charge in [-0.15, -0.1) is 11.6 Å². The van der Waals surface area contributed by atoms with Crippen LogP contribution in [0.1, 0.15) is 25.7 Å². The van der Waals surface area contributed by atoms with E-state index in [1.54, 1.807) is 0 Å². The van der Waals surface area contributed by atoms with Crippen molar-refractivity contribution in [3.8, 4) is 0 Å². The van der Waals surface area contributed by atoms with Crippen LogP contribution in [0.4, 0.5) is 0 Å². The third-order valence-electron chi connectivity index (χ3n) is 3.46. The zero-order valence-electron chi connectivity index (χ0n) is 7.89. The number of alkyl halides is 1. The molecule has 3 heteroatoms. The second-order valence-electron chi connectivity index (χ2n) is 4.42. The lowest BCUT2D eigenvalue weighted by molar-refractivity contribution is -0.135. The maximum atomic E-state index is 10.9. The average molecular weight is 202 g/mol. The standard InChI is InChI=1S/C10H16ClNO/c11-3-6-12-4-1-10(2-5-12)7-9(13)8-10/h1-8H2. The first kappa shape index (κ1) is 9.47. The fourth-order valence-corrected chi connectivity index (χ4v) is 2.75. The highest BCUT2D eigenvalue weighted by Crippen LogP contribution is 2.46. The second kappa shape index (κ2) is 3.58. The number of rotatable bonds is 2. The van der Waals surface area contributed by atoms with Crippen molar-refractivity contribution < 1.29 is 4.79 Å². The minimum Gasteiger partial charge on any atom is -0.302 e. The number of nitrogens with zero attached hydrogens (tertiary/aromatic N) is 1. The van der Waals surface area contributed by atoms with E-state index in [4.69, 9.17) is 11.6 Å². The topological polar surface area (TPSA) is 20.3 Å². The molecule has 0 aromatic rings. The zero-order chi connectivity index (χ0) is 9.31. The van der Waals surface area contributed by atoms with Crippen LogP contribution in [0.3, 0.4) is 0 Å². The Labute approximate surface area is 84.2 Å².